The Morgan fingerprint density at radius 1 is 1.44 bits per heavy atom. The lowest BCUT2D eigenvalue weighted by atomic mass is 10.0. The molecule has 1 rings (SSSR count). The van der Waals surface area contributed by atoms with Crippen LogP contribution in [0.4, 0.5) is 0 Å². The van der Waals surface area contributed by atoms with Crippen molar-refractivity contribution >= 4 is 11.5 Å². The van der Waals surface area contributed by atoms with Crippen molar-refractivity contribution in [3.63, 3.8) is 0 Å². The van der Waals surface area contributed by atoms with Gasteiger partial charge in [0.25, 0.3) is 0 Å². The minimum atomic E-state index is 0.354. The van der Waals surface area contributed by atoms with E-state index in [-0.39, 0.29) is 0 Å². The summed E-state index contributed by atoms with van der Waals surface area (Å²) in [6.45, 7) is 5.12. The lowest BCUT2D eigenvalue weighted by Crippen LogP contribution is -2.17. The van der Waals surface area contributed by atoms with Crippen LogP contribution in [-0.2, 0) is 4.74 Å². The maximum absolute atomic E-state index is 5.08. The molecule has 1 atom stereocenters. The van der Waals surface area contributed by atoms with E-state index in [1.54, 1.807) is 7.11 Å². The van der Waals surface area contributed by atoms with Gasteiger partial charge in [0.15, 0.2) is 0 Å². The number of nitrogens with one attached hydrogen (secondary N) is 1. The molecule has 0 aliphatic carbocycles. The van der Waals surface area contributed by atoms with Gasteiger partial charge in [0.1, 0.15) is 0 Å². The predicted octanol–water partition coefficient (Wildman–Crippen LogP) is 2.35. The quantitative estimate of drug-likeness (QED) is 0.747. The van der Waals surface area contributed by atoms with Crippen molar-refractivity contribution in [2.75, 3.05) is 20.8 Å². The van der Waals surface area contributed by atoms with Crippen LogP contribution in [-0.4, -0.2) is 30.4 Å². The molecular weight excluding hydrogens is 222 g/mol. The van der Waals surface area contributed by atoms with Gasteiger partial charge in [-0.25, -0.2) is 0 Å². The zero-order valence-corrected chi connectivity index (χ0v) is 11.3. The summed E-state index contributed by atoms with van der Waals surface area (Å²) in [4.78, 5) is 1.27. The van der Waals surface area contributed by atoms with Crippen LogP contribution in [0.2, 0.25) is 0 Å². The highest BCUT2D eigenvalue weighted by Gasteiger charge is 2.19. The fourth-order valence-corrected chi connectivity index (χ4v) is 2.63. The molecule has 0 fully saturated rings. The lowest BCUT2D eigenvalue weighted by molar-refractivity contribution is 0.189. The van der Waals surface area contributed by atoms with Crippen LogP contribution in [0, 0.1) is 0 Å². The van der Waals surface area contributed by atoms with E-state index in [0.717, 1.165) is 25.1 Å². The highest BCUT2D eigenvalue weighted by molar-refractivity contribution is 7.05. The molecule has 0 spiro atoms. The smallest absolute Gasteiger partial charge is 0.0829 e. The second kappa shape index (κ2) is 6.93. The van der Waals surface area contributed by atoms with E-state index in [2.05, 4.69) is 28.8 Å². The number of rotatable bonds is 7. The molecule has 4 nitrogen and oxygen atoms in total. The molecule has 1 heterocycles. The van der Waals surface area contributed by atoms with Gasteiger partial charge in [-0.15, -0.1) is 5.10 Å². The van der Waals surface area contributed by atoms with Gasteiger partial charge in [-0.1, -0.05) is 18.3 Å². The molecule has 0 bridgehead atoms. The largest absolute Gasteiger partial charge is 0.385 e. The lowest BCUT2D eigenvalue weighted by Gasteiger charge is -2.16. The van der Waals surface area contributed by atoms with Crippen molar-refractivity contribution in [2.45, 2.75) is 38.6 Å². The maximum Gasteiger partial charge on any atom is 0.0829 e. The highest BCUT2D eigenvalue weighted by atomic mass is 32.1. The van der Waals surface area contributed by atoms with Crippen molar-refractivity contribution in [3.05, 3.63) is 10.6 Å². The van der Waals surface area contributed by atoms with Gasteiger partial charge in [-0.2, -0.15) is 0 Å². The van der Waals surface area contributed by atoms with E-state index in [1.807, 2.05) is 7.05 Å². The van der Waals surface area contributed by atoms with Crippen LogP contribution >= 0.6 is 11.5 Å². The molecule has 0 saturated carbocycles. The van der Waals surface area contributed by atoms with Crippen molar-refractivity contribution < 1.29 is 4.74 Å². The number of methoxy groups -OCH3 is 1. The highest BCUT2D eigenvalue weighted by Crippen LogP contribution is 2.28. The Bertz CT molecular complexity index is 301. The third-order valence-corrected chi connectivity index (χ3v) is 3.45. The molecule has 0 aromatic carbocycles. The normalized spacial score (nSPS) is 13.3. The molecule has 1 unspecified atom stereocenters. The minimum Gasteiger partial charge on any atom is -0.385 e. The topological polar surface area (TPSA) is 47.0 Å². The standard InChI is InChI=1S/C11H21N3OS/c1-8(2)10-11(16-14-13-10)9(12-3)6-5-7-15-4/h8-9,12H,5-7H2,1-4H3. The maximum atomic E-state index is 5.08. The summed E-state index contributed by atoms with van der Waals surface area (Å²) in [6.07, 6.45) is 2.12. The van der Waals surface area contributed by atoms with Gasteiger partial charge in [0.05, 0.1) is 10.6 Å². The Balaban J connectivity index is 2.66. The molecule has 1 aromatic rings. The monoisotopic (exact) mass is 243 g/mol. The molecule has 0 saturated heterocycles. The Morgan fingerprint density at radius 3 is 2.75 bits per heavy atom. The Kier molecular flexibility index (Phi) is 5.87. The molecule has 0 amide bonds. The molecule has 0 aliphatic heterocycles. The Hall–Kier alpha value is -0.520. The first-order chi connectivity index (χ1) is 7.70. The van der Waals surface area contributed by atoms with Crippen LogP contribution in [0.25, 0.3) is 0 Å². The number of hydrogen-bond donors (Lipinski definition) is 1. The van der Waals surface area contributed by atoms with Crippen LogP contribution in [0.3, 0.4) is 0 Å². The third-order valence-electron chi connectivity index (χ3n) is 2.59. The van der Waals surface area contributed by atoms with Crippen LogP contribution in [0.15, 0.2) is 0 Å². The van der Waals surface area contributed by atoms with E-state index >= 15 is 0 Å². The van der Waals surface area contributed by atoms with E-state index in [4.69, 9.17) is 4.74 Å². The molecule has 0 aliphatic rings. The van der Waals surface area contributed by atoms with Crippen LogP contribution in [0.5, 0.6) is 0 Å². The van der Waals surface area contributed by atoms with E-state index in [9.17, 15) is 0 Å². The predicted molar refractivity (Wildman–Crippen MR) is 66.9 cm³/mol. The Labute approximate surface area is 102 Å². The summed E-state index contributed by atoms with van der Waals surface area (Å²) in [6, 6.07) is 0.354. The SMILES string of the molecule is CNC(CCCOC)c1snnc1C(C)C. The summed E-state index contributed by atoms with van der Waals surface area (Å²) in [5.41, 5.74) is 1.13. The number of aromatic nitrogens is 2. The zero-order chi connectivity index (χ0) is 12.0. The first-order valence-electron chi connectivity index (χ1n) is 5.69. The van der Waals surface area contributed by atoms with Crippen LogP contribution in [0.1, 0.15) is 49.2 Å². The molecule has 5 heteroatoms. The Morgan fingerprint density at radius 2 is 2.19 bits per heavy atom. The number of hydrogen-bond acceptors (Lipinski definition) is 5. The average Bonchev–Trinajstić information content (AvgIpc) is 2.73. The second-order valence-electron chi connectivity index (χ2n) is 4.15. The average molecular weight is 243 g/mol. The number of ether oxygens (including phenoxy) is 1. The van der Waals surface area contributed by atoms with Crippen molar-refractivity contribution in [1.82, 2.24) is 14.9 Å². The van der Waals surface area contributed by atoms with E-state index < -0.39 is 0 Å². The fourth-order valence-electron chi connectivity index (χ4n) is 1.68. The third kappa shape index (κ3) is 3.50. The van der Waals surface area contributed by atoms with Gasteiger partial charge in [-0.05, 0) is 37.3 Å². The number of nitrogens with zero attached hydrogens (tertiary/aromatic N) is 2. The van der Waals surface area contributed by atoms with Crippen molar-refractivity contribution in [2.24, 2.45) is 0 Å². The van der Waals surface area contributed by atoms with Gasteiger partial charge in [0, 0.05) is 19.8 Å². The van der Waals surface area contributed by atoms with E-state index in [0.29, 0.717) is 12.0 Å². The second-order valence-corrected chi connectivity index (χ2v) is 4.94. The molecule has 1 N–H and O–H groups in total. The molecular formula is C11H21N3OS. The first kappa shape index (κ1) is 13.5. The summed E-state index contributed by atoms with van der Waals surface area (Å²) < 4.78 is 9.14. The summed E-state index contributed by atoms with van der Waals surface area (Å²) in [7, 11) is 3.73. The molecule has 0 radical (unpaired) electrons. The van der Waals surface area contributed by atoms with Crippen molar-refractivity contribution in [3.8, 4) is 0 Å². The van der Waals surface area contributed by atoms with Crippen LogP contribution < -0.4 is 5.32 Å². The van der Waals surface area contributed by atoms with Gasteiger partial charge in [-0.3, -0.25) is 0 Å². The summed E-state index contributed by atoms with van der Waals surface area (Å²) >= 11 is 1.50. The fraction of sp³-hybridized carbons (Fsp3) is 0.818. The van der Waals surface area contributed by atoms with Gasteiger partial charge in [0.2, 0.25) is 0 Å². The molecule has 92 valence electrons. The minimum absolute atomic E-state index is 0.354. The van der Waals surface area contributed by atoms with Gasteiger partial charge >= 0.3 is 0 Å². The first-order valence-corrected chi connectivity index (χ1v) is 6.46. The van der Waals surface area contributed by atoms with E-state index in [1.165, 1.54) is 16.4 Å². The molecule has 1 aromatic heterocycles. The van der Waals surface area contributed by atoms with Crippen molar-refractivity contribution in [1.29, 1.82) is 0 Å². The molecule has 16 heavy (non-hydrogen) atoms. The summed E-state index contributed by atoms with van der Waals surface area (Å²) in [5.74, 6) is 0.437. The zero-order valence-electron chi connectivity index (χ0n) is 10.5. The summed E-state index contributed by atoms with van der Waals surface area (Å²) in [5, 5.41) is 7.54. The van der Waals surface area contributed by atoms with Gasteiger partial charge < -0.3 is 10.1 Å².